The van der Waals surface area contributed by atoms with E-state index < -0.39 is 5.97 Å². The van der Waals surface area contributed by atoms with E-state index in [-0.39, 0.29) is 5.92 Å². The zero-order chi connectivity index (χ0) is 13.2. The SMILES string of the molecule is O=C(O)C1CCc2cc(CCc3ncc[nH]3)sc2C1. The highest BCUT2D eigenvalue weighted by atomic mass is 32.1. The van der Waals surface area contributed by atoms with Crippen molar-refractivity contribution in [3.63, 3.8) is 0 Å². The van der Waals surface area contributed by atoms with Gasteiger partial charge < -0.3 is 10.1 Å². The Labute approximate surface area is 115 Å². The number of aromatic amines is 1. The zero-order valence-corrected chi connectivity index (χ0v) is 11.4. The van der Waals surface area contributed by atoms with Crippen LogP contribution < -0.4 is 0 Å². The third-order valence-corrected chi connectivity index (χ3v) is 4.91. The molecule has 3 rings (SSSR count). The third kappa shape index (κ3) is 2.71. The molecule has 0 spiro atoms. The van der Waals surface area contributed by atoms with Crippen molar-refractivity contribution in [3.05, 3.63) is 39.6 Å². The third-order valence-electron chi connectivity index (χ3n) is 3.65. The number of hydrogen-bond acceptors (Lipinski definition) is 3. The van der Waals surface area contributed by atoms with Gasteiger partial charge in [-0.25, -0.2) is 4.98 Å². The van der Waals surface area contributed by atoms with Crippen LogP contribution in [0.15, 0.2) is 18.5 Å². The molecule has 2 aromatic heterocycles. The van der Waals surface area contributed by atoms with Crippen LogP contribution in [0.4, 0.5) is 0 Å². The Balaban J connectivity index is 1.67. The molecule has 0 aromatic carbocycles. The van der Waals surface area contributed by atoms with Gasteiger partial charge in [-0.1, -0.05) is 0 Å². The molecule has 0 saturated carbocycles. The number of hydrogen-bond donors (Lipinski definition) is 2. The number of carboxylic acids is 1. The summed E-state index contributed by atoms with van der Waals surface area (Å²) in [5.41, 5.74) is 1.36. The van der Waals surface area contributed by atoms with Gasteiger partial charge in [0, 0.05) is 28.6 Å². The average molecular weight is 276 g/mol. The van der Waals surface area contributed by atoms with Crippen molar-refractivity contribution in [1.29, 1.82) is 0 Å². The Kier molecular flexibility index (Phi) is 3.38. The molecule has 0 radical (unpaired) electrons. The second-order valence-corrected chi connectivity index (χ2v) is 6.20. The van der Waals surface area contributed by atoms with Crippen LogP contribution in [0.3, 0.4) is 0 Å². The summed E-state index contributed by atoms with van der Waals surface area (Å²) in [5, 5.41) is 9.09. The van der Waals surface area contributed by atoms with E-state index in [4.69, 9.17) is 5.11 Å². The van der Waals surface area contributed by atoms with E-state index in [0.717, 1.165) is 31.5 Å². The highest BCUT2D eigenvalue weighted by molar-refractivity contribution is 7.12. The topological polar surface area (TPSA) is 66.0 Å². The number of aliphatic carboxylic acids is 1. The maximum Gasteiger partial charge on any atom is 0.306 e. The largest absolute Gasteiger partial charge is 0.481 e. The number of nitrogens with zero attached hydrogens (tertiary/aromatic N) is 1. The minimum atomic E-state index is -0.656. The quantitative estimate of drug-likeness (QED) is 0.901. The minimum absolute atomic E-state index is 0.191. The number of thiophene rings is 1. The fraction of sp³-hybridized carbons (Fsp3) is 0.429. The summed E-state index contributed by atoms with van der Waals surface area (Å²) in [6.07, 6.45) is 7.88. The lowest BCUT2D eigenvalue weighted by Gasteiger charge is -2.17. The van der Waals surface area contributed by atoms with Crippen molar-refractivity contribution in [2.24, 2.45) is 5.92 Å². The highest BCUT2D eigenvalue weighted by Gasteiger charge is 2.25. The van der Waals surface area contributed by atoms with Crippen molar-refractivity contribution < 1.29 is 9.90 Å². The molecule has 4 nitrogen and oxygen atoms in total. The molecule has 0 fully saturated rings. The fourth-order valence-corrected chi connectivity index (χ4v) is 3.88. The van der Waals surface area contributed by atoms with E-state index >= 15 is 0 Å². The van der Waals surface area contributed by atoms with Crippen molar-refractivity contribution in [2.45, 2.75) is 32.1 Å². The zero-order valence-electron chi connectivity index (χ0n) is 10.6. The van der Waals surface area contributed by atoms with Crippen LogP contribution in [-0.4, -0.2) is 21.0 Å². The predicted molar refractivity (Wildman–Crippen MR) is 73.5 cm³/mol. The summed E-state index contributed by atoms with van der Waals surface area (Å²) in [7, 11) is 0. The lowest BCUT2D eigenvalue weighted by atomic mass is 9.89. The predicted octanol–water partition coefficient (Wildman–Crippen LogP) is 2.45. The summed E-state index contributed by atoms with van der Waals surface area (Å²) in [6, 6.07) is 2.25. The molecular formula is C14H16N2O2S. The first-order valence-corrected chi connectivity index (χ1v) is 7.35. The lowest BCUT2D eigenvalue weighted by molar-refractivity contribution is -0.142. The molecule has 2 aromatic rings. The van der Waals surface area contributed by atoms with Gasteiger partial charge >= 0.3 is 5.97 Å². The second-order valence-electron chi connectivity index (χ2n) is 4.97. The maximum atomic E-state index is 11.0. The number of H-pyrrole nitrogens is 1. The molecular weight excluding hydrogens is 260 g/mol. The molecule has 0 aliphatic heterocycles. The lowest BCUT2D eigenvalue weighted by Crippen LogP contribution is -2.20. The smallest absolute Gasteiger partial charge is 0.306 e. The van der Waals surface area contributed by atoms with Crippen LogP contribution in [0.1, 0.15) is 27.6 Å². The van der Waals surface area contributed by atoms with Crippen LogP contribution in [0.25, 0.3) is 0 Å². The van der Waals surface area contributed by atoms with E-state index in [1.165, 1.54) is 15.3 Å². The van der Waals surface area contributed by atoms with Crippen molar-refractivity contribution in [1.82, 2.24) is 9.97 Å². The summed E-state index contributed by atoms with van der Waals surface area (Å²) in [5.74, 6) is 0.162. The van der Waals surface area contributed by atoms with Crippen molar-refractivity contribution in [3.8, 4) is 0 Å². The molecule has 5 heteroatoms. The molecule has 0 amide bonds. The monoisotopic (exact) mass is 276 g/mol. The molecule has 19 heavy (non-hydrogen) atoms. The first-order valence-electron chi connectivity index (χ1n) is 6.54. The molecule has 2 N–H and O–H groups in total. The molecule has 1 atom stereocenters. The van der Waals surface area contributed by atoms with Crippen LogP contribution in [-0.2, 0) is 30.5 Å². The minimum Gasteiger partial charge on any atom is -0.481 e. The van der Waals surface area contributed by atoms with Gasteiger partial charge in [0.2, 0.25) is 0 Å². The van der Waals surface area contributed by atoms with E-state index in [2.05, 4.69) is 16.0 Å². The number of nitrogens with one attached hydrogen (secondary N) is 1. The highest BCUT2D eigenvalue weighted by Crippen LogP contribution is 2.33. The molecule has 2 heterocycles. The van der Waals surface area contributed by atoms with Crippen molar-refractivity contribution in [2.75, 3.05) is 0 Å². The summed E-state index contributed by atoms with van der Waals surface area (Å²) < 4.78 is 0. The van der Waals surface area contributed by atoms with Gasteiger partial charge in [0.05, 0.1) is 5.92 Å². The number of carbonyl (C=O) groups is 1. The Bertz CT molecular complexity index is 574. The number of carboxylic acid groups (broad SMARTS) is 1. The van der Waals surface area contributed by atoms with E-state index in [1.807, 2.05) is 6.20 Å². The summed E-state index contributed by atoms with van der Waals surface area (Å²) in [6.45, 7) is 0. The van der Waals surface area contributed by atoms with Crippen LogP contribution in [0.5, 0.6) is 0 Å². The van der Waals surface area contributed by atoms with Crippen LogP contribution in [0.2, 0.25) is 0 Å². The number of fused-ring (bicyclic) bond motifs is 1. The van der Waals surface area contributed by atoms with E-state index in [1.54, 1.807) is 17.5 Å². The van der Waals surface area contributed by atoms with Gasteiger partial charge in [-0.2, -0.15) is 0 Å². The van der Waals surface area contributed by atoms with Gasteiger partial charge in [0.1, 0.15) is 5.82 Å². The molecule has 1 aliphatic carbocycles. The molecule has 100 valence electrons. The van der Waals surface area contributed by atoms with Gasteiger partial charge in [-0.3, -0.25) is 4.79 Å². The first-order chi connectivity index (χ1) is 9.22. The van der Waals surface area contributed by atoms with Gasteiger partial charge in [-0.05, 0) is 37.3 Å². The number of rotatable bonds is 4. The standard InChI is InChI=1S/C14H16N2O2S/c17-14(18)10-2-1-9-7-11(19-12(9)8-10)3-4-13-15-5-6-16-13/h5-7,10H,1-4,8H2,(H,15,16)(H,17,18). The van der Waals surface area contributed by atoms with Crippen molar-refractivity contribution >= 4 is 17.3 Å². The average Bonchev–Trinajstić information content (AvgIpc) is 3.04. The van der Waals surface area contributed by atoms with Crippen LogP contribution >= 0.6 is 11.3 Å². The molecule has 1 unspecified atom stereocenters. The second kappa shape index (κ2) is 5.17. The molecule has 0 saturated heterocycles. The Morgan fingerprint density at radius 3 is 3.16 bits per heavy atom. The number of aromatic nitrogens is 2. The molecule has 1 aliphatic rings. The van der Waals surface area contributed by atoms with E-state index in [9.17, 15) is 4.79 Å². The first kappa shape index (κ1) is 12.4. The number of aryl methyl sites for hydroxylation is 3. The number of imidazole rings is 1. The maximum absolute atomic E-state index is 11.0. The normalized spacial score (nSPS) is 18.2. The van der Waals surface area contributed by atoms with Gasteiger partial charge in [0.15, 0.2) is 0 Å². The van der Waals surface area contributed by atoms with Gasteiger partial charge in [-0.15, -0.1) is 11.3 Å². The Morgan fingerprint density at radius 1 is 1.53 bits per heavy atom. The summed E-state index contributed by atoms with van der Waals surface area (Å²) in [4.78, 5) is 21.0. The summed E-state index contributed by atoms with van der Waals surface area (Å²) >= 11 is 1.77. The Hall–Kier alpha value is -1.62. The molecule has 0 bridgehead atoms. The van der Waals surface area contributed by atoms with Gasteiger partial charge in [0.25, 0.3) is 0 Å². The fourth-order valence-electron chi connectivity index (χ4n) is 2.58. The Morgan fingerprint density at radius 2 is 2.42 bits per heavy atom. The van der Waals surface area contributed by atoms with Crippen LogP contribution in [0, 0.1) is 5.92 Å². The van der Waals surface area contributed by atoms with E-state index in [0.29, 0.717) is 6.42 Å².